The van der Waals surface area contributed by atoms with E-state index >= 15 is 0 Å². The smallest absolute Gasteiger partial charge is 0.138 e. The van der Waals surface area contributed by atoms with Crippen LogP contribution in [0.5, 0.6) is 0 Å². The summed E-state index contributed by atoms with van der Waals surface area (Å²) in [6.45, 7) is 8.33. The van der Waals surface area contributed by atoms with Crippen LogP contribution in [-0.4, -0.2) is 27.5 Å². The number of rotatable bonds is 3. The number of nitrogens with one attached hydrogen (secondary N) is 1. The molecule has 4 nitrogen and oxygen atoms in total. The Labute approximate surface area is 126 Å². The van der Waals surface area contributed by atoms with Gasteiger partial charge in [0, 0.05) is 22.3 Å². The topological polar surface area (TPSA) is 63.8 Å². The maximum absolute atomic E-state index is 6.06. The van der Waals surface area contributed by atoms with E-state index in [0.29, 0.717) is 17.1 Å². The number of anilines is 2. The van der Waals surface area contributed by atoms with E-state index in [-0.39, 0.29) is 5.41 Å². The van der Waals surface area contributed by atoms with E-state index in [2.05, 4.69) is 37.3 Å². The Morgan fingerprint density at radius 3 is 2.55 bits per heavy atom. The van der Waals surface area contributed by atoms with Crippen molar-refractivity contribution in [3.8, 4) is 0 Å². The number of nitrogens with zero attached hydrogens (tertiary/aromatic N) is 2. The second-order valence-electron chi connectivity index (χ2n) is 6.61. The third kappa shape index (κ3) is 3.19. The molecule has 1 aromatic rings. The van der Waals surface area contributed by atoms with Gasteiger partial charge in [-0.2, -0.15) is 11.8 Å². The van der Waals surface area contributed by atoms with Crippen molar-refractivity contribution in [1.29, 1.82) is 0 Å². The minimum atomic E-state index is -0.0904. The molecule has 1 aromatic heterocycles. The van der Waals surface area contributed by atoms with Gasteiger partial charge in [-0.25, -0.2) is 9.97 Å². The fourth-order valence-electron chi connectivity index (χ4n) is 2.56. The summed E-state index contributed by atoms with van der Waals surface area (Å²) >= 11 is 1.94. The van der Waals surface area contributed by atoms with Crippen LogP contribution in [0.2, 0.25) is 0 Å². The Bertz CT molecular complexity index is 481. The van der Waals surface area contributed by atoms with Crippen LogP contribution < -0.4 is 11.1 Å². The van der Waals surface area contributed by atoms with Gasteiger partial charge < -0.3 is 11.1 Å². The lowest BCUT2D eigenvalue weighted by Gasteiger charge is -2.24. The first-order valence-electron chi connectivity index (χ1n) is 7.27. The summed E-state index contributed by atoms with van der Waals surface area (Å²) < 4.78 is 0. The predicted molar refractivity (Wildman–Crippen MR) is 88.4 cm³/mol. The number of nitrogen functional groups attached to an aromatic ring is 1. The van der Waals surface area contributed by atoms with Gasteiger partial charge in [0.25, 0.3) is 0 Å². The van der Waals surface area contributed by atoms with E-state index in [1.54, 1.807) is 0 Å². The average Bonchev–Trinajstić information content (AvgIpc) is 2.80. The van der Waals surface area contributed by atoms with Gasteiger partial charge >= 0.3 is 0 Å². The summed E-state index contributed by atoms with van der Waals surface area (Å²) in [4.78, 5) is 9.16. The highest BCUT2D eigenvalue weighted by molar-refractivity contribution is 7.99. The van der Waals surface area contributed by atoms with Gasteiger partial charge in [0.15, 0.2) is 0 Å². The molecule has 0 amide bonds. The quantitative estimate of drug-likeness (QED) is 0.895. The zero-order chi connectivity index (χ0) is 14.9. The van der Waals surface area contributed by atoms with Crippen LogP contribution in [0.15, 0.2) is 0 Å². The molecule has 1 aliphatic carbocycles. The summed E-state index contributed by atoms with van der Waals surface area (Å²) in [7, 11) is 0. The van der Waals surface area contributed by atoms with Crippen LogP contribution in [0.3, 0.4) is 0 Å². The van der Waals surface area contributed by atoms with Crippen LogP contribution in [-0.2, 0) is 5.41 Å². The molecule has 3 N–H and O–H groups in total. The zero-order valence-corrected chi connectivity index (χ0v) is 14.0. The predicted octanol–water partition coefficient (Wildman–Crippen LogP) is 3.36. The van der Waals surface area contributed by atoms with E-state index in [1.807, 2.05) is 18.7 Å². The monoisotopic (exact) mass is 294 g/mol. The first kappa shape index (κ1) is 15.4. The fourth-order valence-corrected chi connectivity index (χ4v) is 3.49. The van der Waals surface area contributed by atoms with E-state index in [4.69, 9.17) is 10.7 Å². The number of thioether (sulfide) groups is 1. The van der Waals surface area contributed by atoms with Crippen molar-refractivity contribution in [2.75, 3.05) is 17.3 Å². The Hall–Kier alpha value is -0.970. The van der Waals surface area contributed by atoms with Gasteiger partial charge in [-0.15, -0.1) is 0 Å². The molecule has 1 heterocycles. The molecule has 0 bridgehead atoms. The largest absolute Gasteiger partial charge is 0.383 e. The van der Waals surface area contributed by atoms with E-state index < -0.39 is 0 Å². The minimum absolute atomic E-state index is 0.0904. The molecule has 0 aliphatic heterocycles. The molecule has 0 saturated heterocycles. The molecule has 0 aromatic carbocycles. The first-order valence-corrected chi connectivity index (χ1v) is 8.55. The van der Waals surface area contributed by atoms with Gasteiger partial charge in [0.2, 0.25) is 0 Å². The van der Waals surface area contributed by atoms with Crippen LogP contribution >= 0.6 is 11.8 Å². The summed E-state index contributed by atoms with van der Waals surface area (Å²) in [5.41, 5.74) is 6.94. The lowest BCUT2D eigenvalue weighted by Crippen LogP contribution is -2.28. The molecule has 2 unspecified atom stereocenters. The van der Waals surface area contributed by atoms with Crippen LogP contribution in [0.4, 0.5) is 11.6 Å². The molecule has 2 atom stereocenters. The van der Waals surface area contributed by atoms with Gasteiger partial charge in [-0.1, -0.05) is 27.2 Å². The Balaban J connectivity index is 2.29. The van der Waals surface area contributed by atoms with E-state index in [1.165, 1.54) is 19.3 Å². The number of aromatic nitrogens is 2. The van der Waals surface area contributed by atoms with Gasteiger partial charge in [-0.05, 0) is 26.0 Å². The molecule has 5 heteroatoms. The maximum Gasteiger partial charge on any atom is 0.138 e. The average molecular weight is 294 g/mol. The van der Waals surface area contributed by atoms with Crippen molar-refractivity contribution >= 4 is 23.4 Å². The molecule has 1 fully saturated rings. The van der Waals surface area contributed by atoms with Crippen molar-refractivity contribution in [3.05, 3.63) is 11.4 Å². The maximum atomic E-state index is 6.06. The lowest BCUT2D eigenvalue weighted by atomic mass is 9.95. The molecular formula is C15H26N4S. The minimum Gasteiger partial charge on any atom is -0.383 e. The molecule has 2 rings (SSSR count). The first-order chi connectivity index (χ1) is 9.32. The van der Waals surface area contributed by atoms with Crippen LogP contribution in [0.25, 0.3) is 0 Å². The third-order valence-electron chi connectivity index (χ3n) is 3.93. The summed E-state index contributed by atoms with van der Waals surface area (Å²) in [5, 5.41) is 4.28. The van der Waals surface area contributed by atoms with Crippen LogP contribution in [0.1, 0.15) is 51.4 Å². The van der Waals surface area contributed by atoms with Crippen molar-refractivity contribution in [2.45, 2.75) is 63.7 Å². The molecule has 20 heavy (non-hydrogen) atoms. The Morgan fingerprint density at radius 1 is 1.25 bits per heavy atom. The highest BCUT2D eigenvalue weighted by Gasteiger charge is 2.28. The molecule has 1 aliphatic rings. The second kappa shape index (κ2) is 5.80. The van der Waals surface area contributed by atoms with Gasteiger partial charge in [-0.3, -0.25) is 0 Å². The standard InChI is InChI=1S/C15H26N4S/c1-9-12(16)18-14(15(2,3)4)19-13(9)17-10-7-6-8-11(10)20-5/h10-11H,6-8H2,1-5H3,(H3,16,17,18,19). The van der Waals surface area contributed by atoms with E-state index in [9.17, 15) is 0 Å². The van der Waals surface area contributed by atoms with Gasteiger partial charge in [0.05, 0.1) is 0 Å². The fraction of sp³-hybridized carbons (Fsp3) is 0.733. The summed E-state index contributed by atoms with van der Waals surface area (Å²) in [5.74, 6) is 2.31. The summed E-state index contributed by atoms with van der Waals surface area (Å²) in [6, 6.07) is 0.491. The second-order valence-corrected chi connectivity index (χ2v) is 7.69. The van der Waals surface area contributed by atoms with Crippen molar-refractivity contribution in [3.63, 3.8) is 0 Å². The van der Waals surface area contributed by atoms with E-state index in [0.717, 1.165) is 17.2 Å². The normalized spacial score (nSPS) is 23.1. The van der Waals surface area contributed by atoms with Crippen molar-refractivity contribution < 1.29 is 0 Å². The molecular weight excluding hydrogens is 268 g/mol. The zero-order valence-electron chi connectivity index (χ0n) is 13.2. The molecule has 112 valence electrons. The molecule has 0 radical (unpaired) electrons. The lowest BCUT2D eigenvalue weighted by molar-refractivity contribution is 0.545. The van der Waals surface area contributed by atoms with Crippen molar-refractivity contribution in [2.24, 2.45) is 0 Å². The van der Waals surface area contributed by atoms with Crippen LogP contribution in [0, 0.1) is 6.92 Å². The number of nitrogens with two attached hydrogens (primary N) is 1. The summed E-state index contributed by atoms with van der Waals surface area (Å²) in [6.07, 6.45) is 5.96. The third-order valence-corrected chi connectivity index (χ3v) is 5.10. The van der Waals surface area contributed by atoms with Crippen molar-refractivity contribution in [1.82, 2.24) is 9.97 Å². The molecule has 0 spiro atoms. The molecule has 1 saturated carbocycles. The Kier molecular flexibility index (Phi) is 4.47. The highest BCUT2D eigenvalue weighted by Crippen LogP contribution is 2.32. The number of hydrogen-bond donors (Lipinski definition) is 2. The highest BCUT2D eigenvalue weighted by atomic mass is 32.2. The van der Waals surface area contributed by atoms with Gasteiger partial charge in [0.1, 0.15) is 17.5 Å². The number of hydrogen-bond acceptors (Lipinski definition) is 5. The SMILES string of the molecule is CSC1CCCC1Nc1nc(C(C)(C)C)nc(N)c1C. The Morgan fingerprint density at radius 2 is 1.95 bits per heavy atom.